The summed E-state index contributed by atoms with van der Waals surface area (Å²) in [6.07, 6.45) is 4.72. The highest BCUT2D eigenvalue weighted by Crippen LogP contribution is 2.25. The highest BCUT2D eigenvalue weighted by Gasteiger charge is 2.19. The maximum atomic E-state index is 5.93. The Morgan fingerprint density at radius 2 is 2.17 bits per heavy atom. The van der Waals surface area contributed by atoms with E-state index >= 15 is 0 Å². The fourth-order valence-corrected chi connectivity index (χ4v) is 2.52. The first kappa shape index (κ1) is 13.0. The molecule has 1 atom stereocenters. The summed E-state index contributed by atoms with van der Waals surface area (Å²) in [7, 11) is 0. The van der Waals surface area contributed by atoms with Crippen LogP contribution in [0.25, 0.3) is 11.0 Å². The van der Waals surface area contributed by atoms with E-state index in [0.29, 0.717) is 18.4 Å². The molecule has 0 amide bonds. The zero-order chi connectivity index (χ0) is 13.1. The molecule has 18 heavy (non-hydrogen) atoms. The molecule has 0 aliphatic heterocycles. The monoisotopic (exact) mass is 246 g/mol. The van der Waals surface area contributed by atoms with Gasteiger partial charge in [0.15, 0.2) is 0 Å². The van der Waals surface area contributed by atoms with Gasteiger partial charge in [-0.15, -0.1) is 0 Å². The van der Waals surface area contributed by atoms with Crippen LogP contribution in [0.3, 0.4) is 0 Å². The molecule has 0 radical (unpaired) electrons. The summed E-state index contributed by atoms with van der Waals surface area (Å²) in [6, 6.07) is 2.03. The molecule has 1 unspecified atom stereocenters. The van der Waals surface area contributed by atoms with Crippen molar-refractivity contribution in [3.8, 4) is 0 Å². The predicted molar refractivity (Wildman–Crippen MR) is 74.5 cm³/mol. The third kappa shape index (κ3) is 2.38. The van der Waals surface area contributed by atoms with Gasteiger partial charge in [-0.1, -0.05) is 13.8 Å². The Labute approximate surface area is 108 Å². The third-order valence-corrected chi connectivity index (χ3v) is 3.30. The van der Waals surface area contributed by atoms with Crippen molar-refractivity contribution in [2.75, 3.05) is 6.54 Å². The van der Waals surface area contributed by atoms with Gasteiger partial charge in [0.05, 0.1) is 11.7 Å². The Morgan fingerprint density at radius 1 is 1.39 bits per heavy atom. The van der Waals surface area contributed by atoms with Gasteiger partial charge in [-0.25, -0.2) is 4.98 Å². The number of nitrogens with two attached hydrogens (primary N) is 1. The van der Waals surface area contributed by atoms with Crippen LogP contribution in [-0.4, -0.2) is 21.1 Å². The van der Waals surface area contributed by atoms with E-state index in [9.17, 15) is 0 Å². The van der Waals surface area contributed by atoms with Gasteiger partial charge in [0.2, 0.25) is 0 Å². The van der Waals surface area contributed by atoms with Gasteiger partial charge in [-0.05, 0) is 25.3 Å². The van der Waals surface area contributed by atoms with Crippen molar-refractivity contribution in [3.05, 3.63) is 24.3 Å². The van der Waals surface area contributed by atoms with Gasteiger partial charge in [-0.3, -0.25) is 4.98 Å². The number of imidazole rings is 1. The van der Waals surface area contributed by atoms with Gasteiger partial charge in [0, 0.05) is 25.2 Å². The highest BCUT2D eigenvalue weighted by atomic mass is 15.1. The number of aryl methyl sites for hydroxylation is 1. The standard InChI is InChI=1S/C14H22N4/c1-4-18-13-5-6-16-9-12(13)17-14(18)11(8-15)7-10(2)3/h5-6,9-11H,4,7-8,15H2,1-3H3. The van der Waals surface area contributed by atoms with Crippen LogP contribution in [-0.2, 0) is 6.54 Å². The Bertz CT molecular complexity index is 515. The van der Waals surface area contributed by atoms with Crippen molar-refractivity contribution in [3.63, 3.8) is 0 Å². The molecule has 0 aromatic carbocycles. The van der Waals surface area contributed by atoms with Crippen molar-refractivity contribution in [2.24, 2.45) is 11.7 Å². The zero-order valence-corrected chi connectivity index (χ0v) is 11.4. The first-order valence-corrected chi connectivity index (χ1v) is 6.67. The topological polar surface area (TPSA) is 56.7 Å². The molecule has 2 rings (SSSR count). The van der Waals surface area contributed by atoms with Crippen LogP contribution in [0.2, 0.25) is 0 Å². The fourth-order valence-electron chi connectivity index (χ4n) is 2.52. The lowest BCUT2D eigenvalue weighted by Crippen LogP contribution is -2.19. The van der Waals surface area contributed by atoms with Crippen molar-refractivity contribution in [1.29, 1.82) is 0 Å². The maximum absolute atomic E-state index is 5.93. The molecule has 2 heterocycles. The van der Waals surface area contributed by atoms with E-state index in [1.54, 1.807) is 0 Å². The molecular weight excluding hydrogens is 224 g/mol. The van der Waals surface area contributed by atoms with Gasteiger partial charge in [0.1, 0.15) is 11.3 Å². The minimum Gasteiger partial charge on any atom is -0.330 e. The van der Waals surface area contributed by atoms with E-state index in [1.807, 2.05) is 18.5 Å². The minimum absolute atomic E-state index is 0.331. The van der Waals surface area contributed by atoms with E-state index in [0.717, 1.165) is 29.8 Å². The van der Waals surface area contributed by atoms with Crippen LogP contribution < -0.4 is 5.73 Å². The van der Waals surface area contributed by atoms with E-state index in [1.165, 1.54) is 0 Å². The van der Waals surface area contributed by atoms with Gasteiger partial charge in [-0.2, -0.15) is 0 Å². The predicted octanol–water partition coefficient (Wildman–Crippen LogP) is 2.54. The molecule has 2 N–H and O–H groups in total. The summed E-state index contributed by atoms with van der Waals surface area (Å²) in [6.45, 7) is 8.17. The maximum Gasteiger partial charge on any atom is 0.114 e. The van der Waals surface area contributed by atoms with Crippen LogP contribution in [0.4, 0.5) is 0 Å². The lowest BCUT2D eigenvalue weighted by atomic mass is 9.96. The molecule has 0 spiro atoms. The lowest BCUT2D eigenvalue weighted by Gasteiger charge is -2.18. The summed E-state index contributed by atoms with van der Waals surface area (Å²) in [5.74, 6) is 2.07. The second-order valence-corrected chi connectivity index (χ2v) is 5.14. The first-order valence-electron chi connectivity index (χ1n) is 6.67. The number of nitrogens with zero attached hydrogens (tertiary/aromatic N) is 3. The summed E-state index contributed by atoms with van der Waals surface area (Å²) in [4.78, 5) is 8.87. The van der Waals surface area contributed by atoms with Gasteiger partial charge >= 0.3 is 0 Å². The number of aromatic nitrogens is 3. The number of pyridine rings is 1. The van der Waals surface area contributed by atoms with Crippen molar-refractivity contribution >= 4 is 11.0 Å². The minimum atomic E-state index is 0.331. The lowest BCUT2D eigenvalue weighted by molar-refractivity contribution is 0.474. The normalized spacial score (nSPS) is 13.4. The van der Waals surface area contributed by atoms with E-state index in [2.05, 4.69) is 30.3 Å². The third-order valence-electron chi connectivity index (χ3n) is 3.30. The van der Waals surface area contributed by atoms with Crippen LogP contribution in [0.5, 0.6) is 0 Å². The molecule has 0 aliphatic rings. The molecular formula is C14H22N4. The Kier molecular flexibility index (Phi) is 3.97. The van der Waals surface area contributed by atoms with Crippen molar-refractivity contribution < 1.29 is 0 Å². The Balaban J connectivity index is 2.48. The zero-order valence-electron chi connectivity index (χ0n) is 11.4. The van der Waals surface area contributed by atoms with E-state index < -0.39 is 0 Å². The second-order valence-electron chi connectivity index (χ2n) is 5.14. The van der Waals surface area contributed by atoms with Crippen LogP contribution in [0, 0.1) is 5.92 Å². The molecule has 4 nitrogen and oxygen atoms in total. The van der Waals surface area contributed by atoms with Crippen molar-refractivity contribution in [2.45, 2.75) is 39.7 Å². The average Bonchev–Trinajstić information content (AvgIpc) is 2.73. The number of hydrogen-bond acceptors (Lipinski definition) is 3. The van der Waals surface area contributed by atoms with Crippen molar-refractivity contribution in [1.82, 2.24) is 14.5 Å². The smallest absolute Gasteiger partial charge is 0.114 e. The quantitative estimate of drug-likeness (QED) is 0.882. The summed E-state index contributed by atoms with van der Waals surface area (Å²) < 4.78 is 2.26. The molecule has 0 saturated heterocycles. The summed E-state index contributed by atoms with van der Waals surface area (Å²) in [5, 5.41) is 0. The van der Waals surface area contributed by atoms with E-state index in [4.69, 9.17) is 10.7 Å². The molecule has 0 bridgehead atoms. The van der Waals surface area contributed by atoms with Crippen LogP contribution in [0.1, 0.15) is 38.9 Å². The van der Waals surface area contributed by atoms with Crippen LogP contribution >= 0.6 is 0 Å². The molecule has 0 fully saturated rings. The molecule has 0 aliphatic carbocycles. The summed E-state index contributed by atoms with van der Waals surface area (Å²) in [5.41, 5.74) is 8.06. The summed E-state index contributed by atoms with van der Waals surface area (Å²) >= 11 is 0. The number of fused-ring (bicyclic) bond motifs is 1. The number of rotatable bonds is 5. The first-order chi connectivity index (χ1) is 8.67. The Morgan fingerprint density at radius 3 is 2.78 bits per heavy atom. The van der Waals surface area contributed by atoms with Gasteiger partial charge < -0.3 is 10.3 Å². The van der Waals surface area contributed by atoms with E-state index in [-0.39, 0.29) is 0 Å². The van der Waals surface area contributed by atoms with Crippen LogP contribution in [0.15, 0.2) is 18.5 Å². The highest BCUT2D eigenvalue weighted by molar-refractivity contribution is 5.74. The molecule has 4 heteroatoms. The average molecular weight is 246 g/mol. The largest absolute Gasteiger partial charge is 0.330 e. The fraction of sp³-hybridized carbons (Fsp3) is 0.571. The van der Waals surface area contributed by atoms with Gasteiger partial charge in [0.25, 0.3) is 0 Å². The molecule has 2 aromatic rings. The second kappa shape index (κ2) is 5.48. The Hall–Kier alpha value is -1.42. The molecule has 98 valence electrons. The molecule has 0 saturated carbocycles. The SMILES string of the molecule is CCn1c(C(CN)CC(C)C)nc2cnccc21. The number of hydrogen-bond donors (Lipinski definition) is 1. The molecule has 2 aromatic heterocycles.